The predicted octanol–water partition coefficient (Wildman–Crippen LogP) is 3.35. The van der Waals surface area contributed by atoms with Crippen LogP contribution in [0.15, 0.2) is 30.3 Å². The highest BCUT2D eigenvalue weighted by molar-refractivity contribution is 7.16. The monoisotopic (exact) mass is 363 g/mol. The van der Waals surface area contributed by atoms with Crippen molar-refractivity contribution in [2.24, 2.45) is 0 Å². The molecule has 0 saturated carbocycles. The van der Waals surface area contributed by atoms with Crippen molar-refractivity contribution in [1.29, 1.82) is 0 Å². The number of carboxylic acid groups (broad SMARTS) is 1. The van der Waals surface area contributed by atoms with Gasteiger partial charge < -0.3 is 19.9 Å². The van der Waals surface area contributed by atoms with Gasteiger partial charge in [0.05, 0.1) is 12.2 Å². The molecule has 0 spiro atoms. The number of carbonyl (C=O) groups is 2. The Bertz CT molecular complexity index is 727. The fraction of sp³-hybridized carbons (Fsp3) is 0.333. The van der Waals surface area contributed by atoms with Crippen molar-refractivity contribution < 1.29 is 24.2 Å². The Morgan fingerprint density at radius 2 is 1.92 bits per heavy atom. The highest BCUT2D eigenvalue weighted by atomic mass is 32.1. The Balaban J connectivity index is 1.80. The third-order valence-corrected chi connectivity index (χ3v) is 4.56. The number of benzene rings is 1. The smallest absolute Gasteiger partial charge is 0.339 e. The van der Waals surface area contributed by atoms with Crippen molar-refractivity contribution in [1.82, 2.24) is 0 Å². The number of hydrogen-bond acceptors (Lipinski definition) is 5. The molecule has 0 fully saturated rings. The number of hydrogen-bond donors (Lipinski definition) is 2. The van der Waals surface area contributed by atoms with Gasteiger partial charge in [0.1, 0.15) is 24.0 Å². The third kappa shape index (κ3) is 5.30. The van der Waals surface area contributed by atoms with Crippen molar-refractivity contribution in [3.8, 4) is 5.75 Å². The summed E-state index contributed by atoms with van der Waals surface area (Å²) in [5, 5.41) is 12.4. The summed E-state index contributed by atoms with van der Waals surface area (Å²) in [5.74, 6) is -0.678. The molecule has 1 aromatic heterocycles. The van der Waals surface area contributed by atoms with Gasteiger partial charge in [-0.1, -0.05) is 25.1 Å². The lowest BCUT2D eigenvalue weighted by Gasteiger charge is -2.08. The topological polar surface area (TPSA) is 84.9 Å². The van der Waals surface area contributed by atoms with Gasteiger partial charge in [0, 0.05) is 4.88 Å². The molecule has 7 heteroatoms. The van der Waals surface area contributed by atoms with Crippen LogP contribution in [0.2, 0.25) is 0 Å². The minimum Gasteiger partial charge on any atom is -0.491 e. The van der Waals surface area contributed by atoms with E-state index in [1.54, 1.807) is 0 Å². The van der Waals surface area contributed by atoms with Crippen molar-refractivity contribution in [3.63, 3.8) is 0 Å². The number of carboxylic acids is 1. The van der Waals surface area contributed by atoms with Gasteiger partial charge in [-0.05, 0) is 31.0 Å². The molecular weight excluding hydrogens is 342 g/mol. The fourth-order valence-corrected chi connectivity index (χ4v) is 3.53. The van der Waals surface area contributed by atoms with E-state index in [0.29, 0.717) is 18.0 Å². The van der Waals surface area contributed by atoms with Gasteiger partial charge in [-0.2, -0.15) is 0 Å². The summed E-state index contributed by atoms with van der Waals surface area (Å²) in [6.45, 7) is 4.18. The summed E-state index contributed by atoms with van der Waals surface area (Å²) >= 11 is 1.27. The molecule has 2 rings (SSSR count). The molecule has 25 heavy (non-hydrogen) atoms. The van der Waals surface area contributed by atoms with Gasteiger partial charge in [0.25, 0.3) is 5.91 Å². The number of ether oxygens (including phenoxy) is 2. The maximum Gasteiger partial charge on any atom is 0.339 e. The minimum absolute atomic E-state index is 0.157. The van der Waals surface area contributed by atoms with Crippen LogP contribution in [0.5, 0.6) is 5.75 Å². The summed E-state index contributed by atoms with van der Waals surface area (Å²) in [7, 11) is 0. The molecule has 0 aliphatic rings. The summed E-state index contributed by atoms with van der Waals surface area (Å²) in [5.41, 5.74) is 0.927. The number of nitrogens with one attached hydrogen (secondary N) is 1. The van der Waals surface area contributed by atoms with E-state index in [1.165, 1.54) is 11.3 Å². The Kier molecular flexibility index (Phi) is 6.97. The van der Waals surface area contributed by atoms with E-state index in [-0.39, 0.29) is 24.7 Å². The quantitative estimate of drug-likeness (QED) is 0.668. The van der Waals surface area contributed by atoms with Crippen LogP contribution in [0, 0.1) is 6.92 Å². The number of thiophene rings is 1. The molecule has 0 aliphatic carbocycles. The first-order chi connectivity index (χ1) is 12.0. The molecule has 0 unspecified atom stereocenters. The van der Waals surface area contributed by atoms with Crippen LogP contribution in [0.4, 0.5) is 5.00 Å². The van der Waals surface area contributed by atoms with Crippen LogP contribution >= 0.6 is 11.3 Å². The van der Waals surface area contributed by atoms with Gasteiger partial charge in [-0.15, -0.1) is 11.3 Å². The lowest BCUT2D eigenvalue weighted by molar-refractivity contribution is -0.120. The van der Waals surface area contributed by atoms with Crippen LogP contribution in [-0.4, -0.2) is 36.8 Å². The lowest BCUT2D eigenvalue weighted by Crippen LogP contribution is -2.21. The normalized spacial score (nSPS) is 10.5. The van der Waals surface area contributed by atoms with Crippen molar-refractivity contribution in [2.45, 2.75) is 20.3 Å². The van der Waals surface area contributed by atoms with Crippen LogP contribution in [0.3, 0.4) is 0 Å². The van der Waals surface area contributed by atoms with Gasteiger partial charge in [0.15, 0.2) is 0 Å². The van der Waals surface area contributed by atoms with Crippen LogP contribution in [0.25, 0.3) is 0 Å². The Morgan fingerprint density at radius 1 is 1.20 bits per heavy atom. The summed E-state index contributed by atoms with van der Waals surface area (Å²) in [4.78, 5) is 24.3. The third-order valence-electron chi connectivity index (χ3n) is 3.50. The SMILES string of the molecule is CCc1c(C)sc(NC(=O)COCCOc2ccccc2)c1C(=O)O. The molecule has 134 valence electrons. The molecule has 0 saturated heterocycles. The molecular formula is C18H21NO5S. The minimum atomic E-state index is -1.03. The number of carbonyl (C=O) groups excluding carboxylic acids is 1. The zero-order chi connectivity index (χ0) is 18.2. The van der Waals surface area contributed by atoms with E-state index in [1.807, 2.05) is 44.2 Å². The average molecular weight is 363 g/mol. The number of anilines is 1. The van der Waals surface area contributed by atoms with Gasteiger partial charge in [0.2, 0.25) is 0 Å². The average Bonchev–Trinajstić information content (AvgIpc) is 2.90. The number of amides is 1. The number of para-hydroxylation sites is 1. The Labute approximate surface area is 150 Å². The van der Waals surface area contributed by atoms with Gasteiger partial charge in [-0.25, -0.2) is 4.79 Å². The molecule has 1 aromatic carbocycles. The van der Waals surface area contributed by atoms with Crippen LogP contribution < -0.4 is 10.1 Å². The summed E-state index contributed by atoms with van der Waals surface area (Å²) in [6, 6.07) is 9.32. The molecule has 0 radical (unpaired) electrons. The molecule has 0 aliphatic heterocycles. The van der Waals surface area contributed by atoms with E-state index in [0.717, 1.165) is 16.2 Å². The molecule has 0 atom stereocenters. The zero-order valence-corrected chi connectivity index (χ0v) is 15.0. The number of rotatable bonds is 9. The Morgan fingerprint density at radius 3 is 2.56 bits per heavy atom. The van der Waals surface area contributed by atoms with Crippen molar-refractivity contribution in [3.05, 3.63) is 46.3 Å². The summed E-state index contributed by atoms with van der Waals surface area (Å²) < 4.78 is 10.7. The lowest BCUT2D eigenvalue weighted by atomic mass is 10.1. The molecule has 0 bridgehead atoms. The largest absolute Gasteiger partial charge is 0.491 e. The zero-order valence-electron chi connectivity index (χ0n) is 14.2. The second kappa shape index (κ2) is 9.19. The standard InChI is InChI=1S/C18H21NO5S/c1-3-14-12(2)25-17(16(14)18(21)22)19-15(20)11-23-9-10-24-13-7-5-4-6-8-13/h4-8H,3,9-11H2,1-2H3,(H,19,20)(H,21,22). The first-order valence-electron chi connectivity index (χ1n) is 7.94. The van der Waals surface area contributed by atoms with E-state index < -0.39 is 5.97 Å². The van der Waals surface area contributed by atoms with Gasteiger partial charge >= 0.3 is 5.97 Å². The second-order valence-corrected chi connectivity index (χ2v) is 6.49. The molecule has 2 aromatic rings. The summed E-state index contributed by atoms with van der Waals surface area (Å²) in [6.07, 6.45) is 0.604. The van der Waals surface area contributed by atoms with Gasteiger partial charge in [-0.3, -0.25) is 4.79 Å². The second-order valence-electron chi connectivity index (χ2n) is 5.26. The van der Waals surface area contributed by atoms with Crippen LogP contribution in [0.1, 0.15) is 27.7 Å². The van der Waals surface area contributed by atoms with E-state index in [2.05, 4.69) is 5.32 Å². The van der Waals surface area contributed by atoms with Crippen LogP contribution in [-0.2, 0) is 16.0 Å². The fourth-order valence-electron chi connectivity index (χ4n) is 2.38. The molecule has 2 N–H and O–H groups in total. The Hall–Kier alpha value is -2.38. The van der Waals surface area contributed by atoms with E-state index >= 15 is 0 Å². The van der Waals surface area contributed by atoms with Crippen molar-refractivity contribution in [2.75, 3.05) is 25.1 Å². The maximum absolute atomic E-state index is 12.0. The first kappa shape index (κ1) is 19.0. The van der Waals surface area contributed by atoms with Crippen molar-refractivity contribution >= 4 is 28.2 Å². The highest BCUT2D eigenvalue weighted by Gasteiger charge is 2.21. The van der Waals surface area contributed by atoms with E-state index in [9.17, 15) is 14.7 Å². The molecule has 1 amide bonds. The number of aryl methyl sites for hydroxylation is 1. The van der Waals surface area contributed by atoms with E-state index in [4.69, 9.17) is 9.47 Å². The first-order valence-corrected chi connectivity index (χ1v) is 8.75. The molecule has 1 heterocycles. The number of aromatic carboxylic acids is 1. The maximum atomic E-state index is 12.0. The predicted molar refractivity (Wildman–Crippen MR) is 96.8 cm³/mol. The highest BCUT2D eigenvalue weighted by Crippen LogP contribution is 2.33. The molecule has 6 nitrogen and oxygen atoms in total.